The van der Waals surface area contributed by atoms with Gasteiger partial charge in [-0.25, -0.2) is 14.8 Å². The van der Waals surface area contributed by atoms with Crippen LogP contribution in [0, 0.1) is 13.8 Å². The summed E-state index contributed by atoms with van der Waals surface area (Å²) in [6.45, 7) is 3.89. The number of carboxylic acids is 1. The summed E-state index contributed by atoms with van der Waals surface area (Å²) < 4.78 is 0. The number of nitrogens with one attached hydrogen (secondary N) is 2. The van der Waals surface area contributed by atoms with E-state index in [0.29, 0.717) is 11.6 Å². The quantitative estimate of drug-likeness (QED) is 0.686. The number of nitrogens with zero attached hydrogens (tertiary/aromatic N) is 2. The number of aryl methyl sites for hydroxylation is 2. The molecule has 0 fully saturated rings. The van der Waals surface area contributed by atoms with Crippen LogP contribution in [-0.2, 0) is 0 Å². The number of aromatic carboxylic acids is 1. The van der Waals surface area contributed by atoms with Crippen LogP contribution < -0.4 is 5.32 Å². The molecule has 2 aromatic heterocycles. The van der Waals surface area contributed by atoms with Gasteiger partial charge < -0.3 is 15.4 Å². The van der Waals surface area contributed by atoms with Crippen molar-refractivity contribution in [1.29, 1.82) is 0 Å². The minimum atomic E-state index is -0.999. The summed E-state index contributed by atoms with van der Waals surface area (Å²) >= 11 is 0. The van der Waals surface area contributed by atoms with E-state index in [4.69, 9.17) is 5.11 Å². The zero-order chi connectivity index (χ0) is 16.4. The third-order valence-electron chi connectivity index (χ3n) is 3.55. The Bertz CT molecular complexity index is 871. The molecule has 0 spiro atoms. The van der Waals surface area contributed by atoms with Crippen molar-refractivity contribution in [3.8, 4) is 11.3 Å². The topological polar surface area (TPSA) is 90.9 Å². The standard InChI is InChI=1S/C17H16N4O2/c1-10-5-3-4-6-13(10)20-17-19-8-11(2)15(21-17)12-7-14(16(22)23)18-9-12/h3-9,18H,1-2H3,(H,22,23)(H,19,20,21). The van der Waals surface area contributed by atoms with Crippen LogP contribution in [0.2, 0.25) is 0 Å². The van der Waals surface area contributed by atoms with E-state index in [1.807, 2.05) is 38.1 Å². The zero-order valence-corrected chi connectivity index (χ0v) is 12.8. The second-order valence-electron chi connectivity index (χ2n) is 5.27. The molecule has 0 atom stereocenters. The lowest BCUT2D eigenvalue weighted by atomic mass is 10.1. The largest absolute Gasteiger partial charge is 0.477 e. The Balaban J connectivity index is 1.95. The van der Waals surface area contributed by atoms with Crippen LogP contribution >= 0.6 is 0 Å². The average molecular weight is 308 g/mol. The van der Waals surface area contributed by atoms with Gasteiger partial charge in [-0.15, -0.1) is 0 Å². The number of carbonyl (C=O) groups is 1. The highest BCUT2D eigenvalue weighted by Crippen LogP contribution is 2.24. The third-order valence-corrected chi connectivity index (χ3v) is 3.55. The predicted molar refractivity (Wildman–Crippen MR) is 88.0 cm³/mol. The number of hydrogen-bond donors (Lipinski definition) is 3. The van der Waals surface area contributed by atoms with Crippen LogP contribution in [-0.4, -0.2) is 26.0 Å². The summed E-state index contributed by atoms with van der Waals surface area (Å²) in [5, 5.41) is 12.2. The maximum atomic E-state index is 11.0. The second kappa shape index (κ2) is 5.92. The van der Waals surface area contributed by atoms with E-state index in [-0.39, 0.29) is 5.69 Å². The van der Waals surface area contributed by atoms with Gasteiger partial charge >= 0.3 is 5.97 Å². The van der Waals surface area contributed by atoms with E-state index in [9.17, 15) is 4.79 Å². The summed E-state index contributed by atoms with van der Waals surface area (Å²) in [5.41, 5.74) is 4.44. The van der Waals surface area contributed by atoms with Crippen molar-refractivity contribution in [1.82, 2.24) is 15.0 Å². The average Bonchev–Trinajstić information content (AvgIpc) is 3.01. The molecule has 0 aliphatic carbocycles. The number of H-pyrrole nitrogens is 1. The minimum absolute atomic E-state index is 0.131. The van der Waals surface area contributed by atoms with E-state index in [0.717, 1.165) is 22.4 Å². The number of anilines is 2. The van der Waals surface area contributed by atoms with E-state index >= 15 is 0 Å². The van der Waals surface area contributed by atoms with Crippen LogP contribution in [0.4, 0.5) is 11.6 Å². The molecular weight excluding hydrogens is 292 g/mol. The summed E-state index contributed by atoms with van der Waals surface area (Å²) in [4.78, 5) is 22.5. The van der Waals surface area contributed by atoms with Gasteiger partial charge in [0.05, 0.1) is 5.69 Å². The molecule has 0 bridgehead atoms. The first-order valence-electron chi connectivity index (χ1n) is 7.13. The smallest absolute Gasteiger partial charge is 0.352 e. The van der Waals surface area contributed by atoms with Crippen LogP contribution in [0.3, 0.4) is 0 Å². The van der Waals surface area contributed by atoms with Gasteiger partial charge in [-0.1, -0.05) is 18.2 Å². The zero-order valence-electron chi connectivity index (χ0n) is 12.8. The minimum Gasteiger partial charge on any atom is -0.477 e. The van der Waals surface area contributed by atoms with Crippen molar-refractivity contribution >= 4 is 17.6 Å². The van der Waals surface area contributed by atoms with Crippen molar-refractivity contribution in [3.05, 3.63) is 59.5 Å². The Hall–Kier alpha value is -3.15. The molecular formula is C17H16N4O2. The number of rotatable bonds is 4. The fraction of sp³-hybridized carbons (Fsp3) is 0.118. The highest BCUT2D eigenvalue weighted by Gasteiger charge is 2.12. The maximum Gasteiger partial charge on any atom is 0.352 e. The first kappa shape index (κ1) is 14.8. The molecule has 116 valence electrons. The van der Waals surface area contributed by atoms with Crippen LogP contribution in [0.5, 0.6) is 0 Å². The van der Waals surface area contributed by atoms with Gasteiger partial charge in [0.2, 0.25) is 5.95 Å². The summed E-state index contributed by atoms with van der Waals surface area (Å²) in [5.74, 6) is -0.529. The van der Waals surface area contributed by atoms with Crippen LogP contribution in [0.1, 0.15) is 21.6 Å². The first-order valence-corrected chi connectivity index (χ1v) is 7.13. The van der Waals surface area contributed by atoms with Gasteiger partial charge in [-0.2, -0.15) is 0 Å². The lowest BCUT2D eigenvalue weighted by Gasteiger charge is -2.10. The second-order valence-corrected chi connectivity index (χ2v) is 5.27. The lowest BCUT2D eigenvalue weighted by molar-refractivity contribution is 0.0691. The van der Waals surface area contributed by atoms with E-state index in [1.165, 1.54) is 0 Å². The molecule has 3 N–H and O–H groups in total. The molecule has 0 amide bonds. The predicted octanol–water partition coefficient (Wildman–Crippen LogP) is 3.53. The number of aromatic nitrogens is 3. The monoisotopic (exact) mass is 308 g/mol. The molecule has 6 nitrogen and oxygen atoms in total. The first-order chi connectivity index (χ1) is 11.0. The molecule has 3 aromatic rings. The van der Waals surface area contributed by atoms with Gasteiger partial charge in [0.25, 0.3) is 0 Å². The van der Waals surface area contributed by atoms with Crippen LogP contribution in [0.15, 0.2) is 42.7 Å². The summed E-state index contributed by atoms with van der Waals surface area (Å²) in [7, 11) is 0. The fourth-order valence-electron chi connectivity index (χ4n) is 2.28. The van der Waals surface area contributed by atoms with Crippen molar-refractivity contribution in [3.63, 3.8) is 0 Å². The molecule has 2 heterocycles. The maximum absolute atomic E-state index is 11.0. The molecule has 0 aliphatic heterocycles. The lowest BCUT2D eigenvalue weighted by Crippen LogP contribution is -2.00. The van der Waals surface area contributed by atoms with Crippen molar-refractivity contribution in [2.45, 2.75) is 13.8 Å². The Kier molecular flexibility index (Phi) is 3.80. The molecule has 0 aliphatic rings. The van der Waals surface area contributed by atoms with E-state index in [1.54, 1.807) is 18.5 Å². The van der Waals surface area contributed by atoms with E-state index < -0.39 is 5.97 Å². The SMILES string of the molecule is Cc1ccccc1Nc1ncc(C)c(-c2c[nH]c(C(=O)O)c2)n1. The van der Waals surface area contributed by atoms with E-state index in [2.05, 4.69) is 20.3 Å². The number of carboxylic acid groups (broad SMARTS) is 1. The Morgan fingerprint density at radius 1 is 1.22 bits per heavy atom. The molecule has 0 radical (unpaired) electrons. The van der Waals surface area contributed by atoms with Gasteiger partial charge in [0.1, 0.15) is 5.69 Å². The summed E-state index contributed by atoms with van der Waals surface area (Å²) in [6, 6.07) is 9.43. The number of benzene rings is 1. The molecule has 3 rings (SSSR count). The number of aromatic amines is 1. The van der Waals surface area contributed by atoms with Gasteiger partial charge in [-0.05, 0) is 37.1 Å². The third kappa shape index (κ3) is 3.06. The van der Waals surface area contributed by atoms with Gasteiger partial charge in [0, 0.05) is 23.6 Å². The molecule has 0 saturated heterocycles. The van der Waals surface area contributed by atoms with Crippen molar-refractivity contribution < 1.29 is 9.90 Å². The molecule has 6 heteroatoms. The molecule has 1 aromatic carbocycles. The van der Waals surface area contributed by atoms with Gasteiger partial charge in [-0.3, -0.25) is 0 Å². The fourth-order valence-corrected chi connectivity index (χ4v) is 2.28. The summed E-state index contributed by atoms with van der Waals surface area (Å²) in [6.07, 6.45) is 3.35. The van der Waals surface area contributed by atoms with Crippen molar-refractivity contribution in [2.24, 2.45) is 0 Å². The highest BCUT2D eigenvalue weighted by atomic mass is 16.4. The highest BCUT2D eigenvalue weighted by molar-refractivity contribution is 5.87. The van der Waals surface area contributed by atoms with Gasteiger partial charge in [0.15, 0.2) is 0 Å². The molecule has 0 saturated carbocycles. The Labute approximate surface area is 133 Å². The molecule has 23 heavy (non-hydrogen) atoms. The van der Waals surface area contributed by atoms with Crippen molar-refractivity contribution in [2.75, 3.05) is 5.32 Å². The molecule has 0 unspecified atom stereocenters. The normalized spacial score (nSPS) is 10.5. The van der Waals surface area contributed by atoms with Crippen LogP contribution in [0.25, 0.3) is 11.3 Å². The number of hydrogen-bond acceptors (Lipinski definition) is 4. The Morgan fingerprint density at radius 2 is 2.00 bits per heavy atom. The number of para-hydroxylation sites is 1. The Morgan fingerprint density at radius 3 is 2.70 bits per heavy atom.